The van der Waals surface area contributed by atoms with Gasteiger partial charge in [0.2, 0.25) is 10.0 Å². The fourth-order valence-corrected chi connectivity index (χ4v) is 6.87. The molecular weight excluding hydrogens is 370 g/mol. The Morgan fingerprint density at radius 1 is 1.25 bits per heavy atom. The van der Waals surface area contributed by atoms with E-state index in [-0.39, 0.29) is 36.6 Å². The van der Waals surface area contributed by atoms with Crippen molar-refractivity contribution in [1.29, 1.82) is 0 Å². The van der Waals surface area contributed by atoms with E-state index in [1.165, 1.54) is 4.31 Å². The number of nitrogens with zero attached hydrogens (tertiary/aromatic N) is 1. The molecule has 0 aromatic carbocycles. The van der Waals surface area contributed by atoms with Crippen molar-refractivity contribution in [2.45, 2.75) is 37.2 Å². The largest absolute Gasteiger partial charge is 0.372 e. The summed E-state index contributed by atoms with van der Waals surface area (Å²) in [7, 11) is -6.49. The van der Waals surface area contributed by atoms with E-state index < -0.39 is 25.1 Å². The second-order valence-corrected chi connectivity index (χ2v) is 10.6. The Kier molecular flexibility index (Phi) is 5.16. The number of hydrogen-bond acceptors (Lipinski definition) is 5. The quantitative estimate of drug-likeness (QED) is 0.651. The van der Waals surface area contributed by atoms with E-state index >= 15 is 0 Å². The minimum atomic E-state index is -3.44. The van der Waals surface area contributed by atoms with Crippen LogP contribution in [0.3, 0.4) is 0 Å². The summed E-state index contributed by atoms with van der Waals surface area (Å²) in [5.41, 5.74) is 0. The highest BCUT2D eigenvalue weighted by Gasteiger charge is 2.40. The maximum Gasteiger partial charge on any atom is 0.217 e. The van der Waals surface area contributed by atoms with Gasteiger partial charge in [-0.2, -0.15) is 4.31 Å². The first-order valence-corrected chi connectivity index (χ1v) is 11.1. The Labute approximate surface area is 129 Å². The average Bonchev–Trinajstić information content (AvgIpc) is 2.37. The van der Waals surface area contributed by atoms with Gasteiger partial charge in [0.1, 0.15) is 9.84 Å². The van der Waals surface area contributed by atoms with Crippen molar-refractivity contribution in [3.8, 4) is 0 Å². The summed E-state index contributed by atoms with van der Waals surface area (Å²) in [6.07, 6.45) is 0.111. The van der Waals surface area contributed by atoms with Crippen LogP contribution in [0.4, 0.5) is 0 Å². The molecule has 0 bridgehead atoms. The number of sulfone groups is 1. The molecule has 2 aliphatic heterocycles. The van der Waals surface area contributed by atoms with Gasteiger partial charge in [-0.25, -0.2) is 16.8 Å². The molecular formula is C11H20BrNO5S2. The number of alkyl halides is 1. The third-order valence-corrected chi connectivity index (χ3v) is 8.52. The molecule has 9 heteroatoms. The fraction of sp³-hybridized carbons (Fsp3) is 1.00. The first kappa shape index (κ1) is 16.7. The van der Waals surface area contributed by atoms with Crippen molar-refractivity contribution in [2.24, 2.45) is 0 Å². The number of hydrogen-bond donors (Lipinski definition) is 0. The average molecular weight is 390 g/mol. The zero-order valence-electron chi connectivity index (χ0n) is 11.4. The zero-order chi connectivity index (χ0) is 15.0. The Morgan fingerprint density at radius 2 is 1.85 bits per heavy atom. The molecule has 2 unspecified atom stereocenters. The van der Waals surface area contributed by atoms with Crippen LogP contribution in [0.1, 0.15) is 19.8 Å². The summed E-state index contributed by atoms with van der Waals surface area (Å²) in [6.45, 7) is 2.53. The molecule has 0 N–H and O–H groups in total. The molecule has 6 nitrogen and oxygen atoms in total. The summed E-state index contributed by atoms with van der Waals surface area (Å²) in [5, 5.41) is 0.00915. The van der Waals surface area contributed by atoms with Crippen molar-refractivity contribution < 1.29 is 21.6 Å². The number of rotatable bonds is 3. The van der Waals surface area contributed by atoms with Gasteiger partial charge in [0.05, 0.1) is 29.0 Å². The van der Waals surface area contributed by atoms with Crippen molar-refractivity contribution in [2.75, 3.05) is 29.9 Å². The van der Waals surface area contributed by atoms with Gasteiger partial charge in [-0.3, -0.25) is 0 Å². The number of halogens is 1. The van der Waals surface area contributed by atoms with Crippen LogP contribution in [-0.4, -0.2) is 68.5 Å². The highest BCUT2D eigenvalue weighted by molar-refractivity contribution is 9.09. The third kappa shape index (κ3) is 3.73. The molecule has 2 saturated heterocycles. The van der Waals surface area contributed by atoms with Crippen LogP contribution in [0.5, 0.6) is 0 Å². The second-order valence-electron chi connectivity index (χ2n) is 5.44. The van der Waals surface area contributed by atoms with E-state index in [2.05, 4.69) is 15.9 Å². The molecule has 0 amide bonds. The van der Waals surface area contributed by atoms with Gasteiger partial charge in [0, 0.05) is 18.4 Å². The molecule has 2 atom stereocenters. The Bertz CT molecular complexity index is 533. The topological polar surface area (TPSA) is 80.8 Å². The molecule has 0 aromatic heterocycles. The van der Waals surface area contributed by atoms with E-state index in [1.807, 2.05) is 6.92 Å². The summed E-state index contributed by atoms with van der Waals surface area (Å²) >= 11 is 3.32. The van der Waals surface area contributed by atoms with Crippen molar-refractivity contribution in [3.05, 3.63) is 0 Å². The van der Waals surface area contributed by atoms with Crippen molar-refractivity contribution >= 4 is 35.8 Å². The lowest BCUT2D eigenvalue weighted by molar-refractivity contribution is -0.0413. The molecule has 118 valence electrons. The second kappa shape index (κ2) is 6.20. The standard InChI is InChI=1S/C11H20BrNO5S2/c1-9-7-13(8-10(6-12)18-9)20(16,17)11-2-4-19(14,15)5-3-11/h9-11H,2-8H2,1H3. The fourth-order valence-electron chi connectivity index (χ4n) is 2.67. The maximum absolute atomic E-state index is 12.6. The Balaban J connectivity index is 2.10. The monoisotopic (exact) mass is 389 g/mol. The molecule has 0 spiro atoms. The van der Waals surface area contributed by atoms with E-state index in [4.69, 9.17) is 4.74 Å². The normalized spacial score (nSPS) is 33.1. The predicted molar refractivity (Wildman–Crippen MR) is 80.3 cm³/mol. The van der Waals surface area contributed by atoms with Crippen LogP contribution in [0.15, 0.2) is 0 Å². The summed E-state index contributed by atoms with van der Waals surface area (Å²) in [6, 6.07) is 0. The van der Waals surface area contributed by atoms with Gasteiger partial charge in [-0.15, -0.1) is 0 Å². The van der Waals surface area contributed by atoms with Crippen LogP contribution in [0, 0.1) is 0 Å². The third-order valence-electron chi connectivity index (χ3n) is 3.75. The Morgan fingerprint density at radius 3 is 2.40 bits per heavy atom. The SMILES string of the molecule is CC1CN(S(=O)(=O)C2CCS(=O)(=O)CC2)CC(CBr)O1. The number of morpholine rings is 1. The highest BCUT2D eigenvalue weighted by Crippen LogP contribution is 2.25. The molecule has 0 aliphatic carbocycles. The van der Waals surface area contributed by atoms with Gasteiger partial charge >= 0.3 is 0 Å². The summed E-state index contributed by atoms with van der Waals surface area (Å²) < 4.78 is 55.2. The van der Waals surface area contributed by atoms with E-state index in [1.54, 1.807) is 0 Å². The number of ether oxygens (including phenoxy) is 1. The van der Waals surface area contributed by atoms with Crippen LogP contribution >= 0.6 is 15.9 Å². The minimum absolute atomic E-state index is 0.0291. The van der Waals surface area contributed by atoms with Gasteiger partial charge in [0.25, 0.3) is 0 Å². The van der Waals surface area contributed by atoms with Crippen LogP contribution in [-0.2, 0) is 24.6 Å². The summed E-state index contributed by atoms with van der Waals surface area (Å²) in [4.78, 5) is 0. The first-order valence-electron chi connectivity index (χ1n) is 6.65. The maximum atomic E-state index is 12.6. The molecule has 0 saturated carbocycles. The van der Waals surface area contributed by atoms with E-state index in [9.17, 15) is 16.8 Å². The molecule has 2 rings (SSSR count). The number of sulfonamides is 1. The van der Waals surface area contributed by atoms with E-state index in [0.29, 0.717) is 18.4 Å². The highest BCUT2D eigenvalue weighted by atomic mass is 79.9. The zero-order valence-corrected chi connectivity index (χ0v) is 14.6. The van der Waals surface area contributed by atoms with Crippen LogP contribution in [0.2, 0.25) is 0 Å². The first-order chi connectivity index (χ1) is 9.24. The van der Waals surface area contributed by atoms with Gasteiger partial charge < -0.3 is 4.74 Å². The van der Waals surface area contributed by atoms with Crippen molar-refractivity contribution in [1.82, 2.24) is 4.31 Å². The van der Waals surface area contributed by atoms with Crippen LogP contribution < -0.4 is 0 Å². The molecule has 2 fully saturated rings. The molecule has 0 radical (unpaired) electrons. The van der Waals surface area contributed by atoms with Gasteiger partial charge in [0.15, 0.2) is 0 Å². The molecule has 0 aromatic rings. The predicted octanol–water partition coefficient (Wildman–Crippen LogP) is 0.378. The smallest absolute Gasteiger partial charge is 0.217 e. The lowest BCUT2D eigenvalue weighted by Crippen LogP contribution is -2.53. The minimum Gasteiger partial charge on any atom is -0.372 e. The molecule has 2 heterocycles. The lowest BCUT2D eigenvalue weighted by atomic mass is 10.2. The lowest BCUT2D eigenvalue weighted by Gasteiger charge is -2.37. The molecule has 20 heavy (non-hydrogen) atoms. The van der Waals surface area contributed by atoms with Crippen molar-refractivity contribution in [3.63, 3.8) is 0 Å². The van der Waals surface area contributed by atoms with Gasteiger partial charge in [-0.1, -0.05) is 15.9 Å². The Hall–Kier alpha value is 0.300. The summed E-state index contributed by atoms with van der Waals surface area (Å²) in [5.74, 6) is -0.0582. The molecule has 2 aliphatic rings. The van der Waals surface area contributed by atoms with Crippen LogP contribution in [0.25, 0.3) is 0 Å². The van der Waals surface area contributed by atoms with Gasteiger partial charge in [-0.05, 0) is 19.8 Å². The van der Waals surface area contributed by atoms with E-state index in [0.717, 1.165) is 0 Å².